The first kappa shape index (κ1) is 12.0. The molecule has 2 rings (SSSR count). The number of aromatic carboxylic acids is 1. The maximum absolute atomic E-state index is 11.2. The highest BCUT2D eigenvalue weighted by Crippen LogP contribution is 2.34. The van der Waals surface area contributed by atoms with E-state index in [-0.39, 0.29) is 5.76 Å². The van der Waals surface area contributed by atoms with Crippen LogP contribution in [0.4, 0.5) is 0 Å². The number of furan rings is 1. The zero-order valence-corrected chi connectivity index (χ0v) is 10.5. The third-order valence-electron chi connectivity index (χ3n) is 2.78. The van der Waals surface area contributed by atoms with Gasteiger partial charge in [-0.25, -0.2) is 4.79 Å². The van der Waals surface area contributed by atoms with Crippen LogP contribution in [0.2, 0.25) is 5.02 Å². The first-order valence-corrected chi connectivity index (χ1v) is 5.87. The molecule has 0 aliphatic heterocycles. The van der Waals surface area contributed by atoms with Gasteiger partial charge in [0.15, 0.2) is 0 Å². The summed E-state index contributed by atoms with van der Waals surface area (Å²) >= 11 is 6.13. The van der Waals surface area contributed by atoms with Crippen molar-refractivity contribution >= 4 is 28.5 Å². The van der Waals surface area contributed by atoms with Crippen LogP contribution < -0.4 is 0 Å². The van der Waals surface area contributed by atoms with Gasteiger partial charge in [-0.3, -0.25) is 0 Å². The van der Waals surface area contributed by atoms with Crippen molar-refractivity contribution in [2.75, 3.05) is 0 Å². The fourth-order valence-corrected chi connectivity index (χ4v) is 2.28. The number of carboxylic acids is 1. The fourth-order valence-electron chi connectivity index (χ4n) is 2.01. The minimum atomic E-state index is -1.04. The average Bonchev–Trinajstić information content (AvgIpc) is 2.65. The number of benzene rings is 1. The second-order valence-electron chi connectivity index (χ2n) is 4.03. The summed E-state index contributed by atoms with van der Waals surface area (Å²) in [5.74, 6) is -1.03. The Balaban J connectivity index is 2.84. The number of carboxylic acid groups (broad SMARTS) is 1. The summed E-state index contributed by atoms with van der Waals surface area (Å²) in [5.41, 5.74) is 2.18. The van der Waals surface area contributed by atoms with Crippen LogP contribution >= 0.6 is 11.6 Å². The van der Waals surface area contributed by atoms with E-state index < -0.39 is 5.97 Å². The number of fused-ring (bicyclic) bond motifs is 1. The fraction of sp³-hybridized carbons (Fsp3) is 0.308. The smallest absolute Gasteiger partial charge is 0.372 e. The summed E-state index contributed by atoms with van der Waals surface area (Å²) in [7, 11) is 0. The van der Waals surface area contributed by atoms with Gasteiger partial charge in [-0.15, -0.1) is 0 Å². The average molecular weight is 253 g/mol. The van der Waals surface area contributed by atoms with Crippen LogP contribution in [0, 0.1) is 6.92 Å². The lowest BCUT2D eigenvalue weighted by Crippen LogP contribution is -1.98. The Hall–Kier alpha value is -1.48. The molecule has 90 valence electrons. The van der Waals surface area contributed by atoms with Gasteiger partial charge in [0.2, 0.25) is 5.76 Å². The van der Waals surface area contributed by atoms with E-state index in [1.807, 2.05) is 19.9 Å². The lowest BCUT2D eigenvalue weighted by Gasteiger charge is -1.99. The zero-order valence-electron chi connectivity index (χ0n) is 9.71. The summed E-state index contributed by atoms with van der Waals surface area (Å²) in [6.45, 7) is 3.87. The summed E-state index contributed by atoms with van der Waals surface area (Å²) in [6.07, 6.45) is 1.50. The van der Waals surface area contributed by atoms with Gasteiger partial charge in [-0.2, -0.15) is 0 Å². The van der Waals surface area contributed by atoms with E-state index in [4.69, 9.17) is 21.1 Å². The molecule has 1 aromatic carbocycles. The first-order valence-electron chi connectivity index (χ1n) is 5.50. The minimum absolute atomic E-state index is 0.0121. The van der Waals surface area contributed by atoms with Crippen LogP contribution in [-0.4, -0.2) is 11.1 Å². The molecule has 2 aromatic rings. The number of hydrogen-bond donors (Lipinski definition) is 1. The number of halogens is 1. The molecule has 1 N–H and O–H groups in total. The van der Waals surface area contributed by atoms with Gasteiger partial charge in [-0.05, 0) is 25.0 Å². The molecule has 0 radical (unpaired) electrons. The van der Waals surface area contributed by atoms with Crippen LogP contribution in [0.15, 0.2) is 16.5 Å². The molecule has 0 bridgehead atoms. The maximum Gasteiger partial charge on any atom is 0.372 e. The largest absolute Gasteiger partial charge is 0.475 e. The molecule has 1 aromatic heterocycles. The van der Waals surface area contributed by atoms with Crippen molar-refractivity contribution in [2.45, 2.75) is 26.7 Å². The molecule has 0 aliphatic carbocycles. The summed E-state index contributed by atoms with van der Waals surface area (Å²) in [5, 5.41) is 10.4. The maximum atomic E-state index is 11.2. The second-order valence-corrected chi connectivity index (χ2v) is 4.44. The Morgan fingerprint density at radius 3 is 2.76 bits per heavy atom. The Labute approximate surface area is 104 Å². The SMILES string of the molecule is CCCc1c(C(=O)O)oc2c(C)ccc(Cl)c12. The Bertz CT molecular complexity index is 584. The monoisotopic (exact) mass is 252 g/mol. The van der Waals surface area contributed by atoms with E-state index in [9.17, 15) is 4.79 Å². The van der Waals surface area contributed by atoms with Crippen LogP contribution in [0.5, 0.6) is 0 Å². The number of carbonyl (C=O) groups is 1. The molecule has 17 heavy (non-hydrogen) atoms. The second kappa shape index (κ2) is 4.41. The summed E-state index contributed by atoms with van der Waals surface area (Å²) in [6, 6.07) is 3.61. The van der Waals surface area contributed by atoms with E-state index in [2.05, 4.69) is 0 Å². The lowest BCUT2D eigenvalue weighted by atomic mass is 10.0. The molecule has 0 aliphatic rings. The lowest BCUT2D eigenvalue weighted by molar-refractivity contribution is 0.0663. The van der Waals surface area contributed by atoms with Gasteiger partial charge in [-0.1, -0.05) is 31.0 Å². The molecular weight excluding hydrogens is 240 g/mol. The number of rotatable bonds is 3. The third-order valence-corrected chi connectivity index (χ3v) is 3.09. The predicted molar refractivity (Wildman–Crippen MR) is 66.9 cm³/mol. The quantitative estimate of drug-likeness (QED) is 0.897. The summed E-state index contributed by atoms with van der Waals surface area (Å²) < 4.78 is 5.44. The Morgan fingerprint density at radius 1 is 1.47 bits per heavy atom. The van der Waals surface area contributed by atoms with E-state index in [0.29, 0.717) is 22.6 Å². The van der Waals surface area contributed by atoms with Crippen molar-refractivity contribution in [2.24, 2.45) is 0 Å². The molecule has 0 spiro atoms. The molecule has 1 heterocycles. The van der Waals surface area contributed by atoms with E-state index >= 15 is 0 Å². The van der Waals surface area contributed by atoms with Crippen molar-refractivity contribution in [3.8, 4) is 0 Å². The van der Waals surface area contributed by atoms with Crippen molar-refractivity contribution in [1.82, 2.24) is 0 Å². The van der Waals surface area contributed by atoms with Crippen molar-refractivity contribution in [1.29, 1.82) is 0 Å². The molecule has 3 nitrogen and oxygen atoms in total. The van der Waals surface area contributed by atoms with Gasteiger partial charge < -0.3 is 9.52 Å². The minimum Gasteiger partial charge on any atom is -0.475 e. The van der Waals surface area contributed by atoms with Crippen LogP contribution in [0.25, 0.3) is 11.0 Å². The van der Waals surface area contributed by atoms with E-state index in [1.165, 1.54) is 0 Å². The molecule has 0 saturated carbocycles. The van der Waals surface area contributed by atoms with Gasteiger partial charge in [0, 0.05) is 10.9 Å². The van der Waals surface area contributed by atoms with E-state index in [1.54, 1.807) is 6.07 Å². The van der Waals surface area contributed by atoms with Crippen molar-refractivity contribution in [3.63, 3.8) is 0 Å². The van der Waals surface area contributed by atoms with Gasteiger partial charge in [0.25, 0.3) is 0 Å². The van der Waals surface area contributed by atoms with Crippen LogP contribution in [0.3, 0.4) is 0 Å². The highest BCUT2D eigenvalue weighted by molar-refractivity contribution is 6.36. The molecule has 4 heteroatoms. The van der Waals surface area contributed by atoms with Gasteiger partial charge in [0.05, 0.1) is 5.02 Å². The normalized spacial score (nSPS) is 11.0. The molecule has 0 atom stereocenters. The van der Waals surface area contributed by atoms with E-state index in [0.717, 1.165) is 17.4 Å². The number of hydrogen-bond acceptors (Lipinski definition) is 2. The molecule has 0 amide bonds. The molecular formula is C13H13ClO3. The topological polar surface area (TPSA) is 50.4 Å². The molecule has 0 fully saturated rings. The standard InChI is InChI=1S/C13H13ClO3/c1-3-4-8-10-9(14)6-5-7(2)11(10)17-12(8)13(15)16/h5-6H,3-4H2,1-2H3,(H,15,16). The van der Waals surface area contributed by atoms with Crippen LogP contribution in [0.1, 0.15) is 35.0 Å². The first-order chi connectivity index (χ1) is 8.06. The van der Waals surface area contributed by atoms with Gasteiger partial charge >= 0.3 is 5.97 Å². The Morgan fingerprint density at radius 2 is 2.18 bits per heavy atom. The van der Waals surface area contributed by atoms with Gasteiger partial charge in [0.1, 0.15) is 5.58 Å². The van der Waals surface area contributed by atoms with Crippen molar-refractivity contribution < 1.29 is 14.3 Å². The molecule has 0 unspecified atom stereocenters. The highest BCUT2D eigenvalue weighted by atomic mass is 35.5. The van der Waals surface area contributed by atoms with Crippen LogP contribution in [-0.2, 0) is 6.42 Å². The van der Waals surface area contributed by atoms with Crippen molar-refractivity contribution in [3.05, 3.63) is 34.0 Å². The summed E-state index contributed by atoms with van der Waals surface area (Å²) in [4.78, 5) is 11.2. The zero-order chi connectivity index (χ0) is 12.6. The predicted octanol–water partition coefficient (Wildman–Crippen LogP) is 4.05. The Kier molecular flexibility index (Phi) is 3.11. The third kappa shape index (κ3) is 1.91. The molecule has 0 saturated heterocycles. The number of aryl methyl sites for hydroxylation is 2. The highest BCUT2D eigenvalue weighted by Gasteiger charge is 2.21.